The minimum Gasteiger partial charge on any atom is -0.496 e. The highest BCUT2D eigenvalue weighted by Crippen LogP contribution is 2.29. The molecule has 1 aromatic heterocycles. The van der Waals surface area contributed by atoms with Crippen molar-refractivity contribution in [2.45, 2.75) is 6.61 Å². The van der Waals surface area contributed by atoms with Gasteiger partial charge in [0.15, 0.2) is 6.61 Å². The number of hydrogen-bond donors (Lipinski definition) is 0. The molecule has 0 aliphatic rings. The van der Waals surface area contributed by atoms with Crippen molar-refractivity contribution in [1.29, 1.82) is 0 Å². The summed E-state index contributed by atoms with van der Waals surface area (Å²) in [4.78, 5) is 16.6. The van der Waals surface area contributed by atoms with Gasteiger partial charge in [-0.1, -0.05) is 35.0 Å². The number of carbonyl (C=O) groups excluding carboxylic acids is 1. The fourth-order valence-electron chi connectivity index (χ4n) is 2.32. The molecule has 0 amide bonds. The van der Waals surface area contributed by atoms with Crippen LogP contribution in [0.25, 0.3) is 11.4 Å². The van der Waals surface area contributed by atoms with E-state index in [1.165, 1.54) is 14.2 Å². The summed E-state index contributed by atoms with van der Waals surface area (Å²) in [5.74, 6) is 0.517. The molecular formula is C18H15ClN2O5. The summed E-state index contributed by atoms with van der Waals surface area (Å²) in [6.07, 6.45) is 0. The molecule has 0 saturated heterocycles. The maximum atomic E-state index is 12.4. The average molecular weight is 375 g/mol. The molecule has 0 saturated carbocycles. The van der Waals surface area contributed by atoms with Crippen LogP contribution in [-0.4, -0.2) is 30.3 Å². The lowest BCUT2D eigenvalue weighted by atomic mass is 10.2. The fourth-order valence-corrected chi connectivity index (χ4v) is 2.54. The van der Waals surface area contributed by atoms with Crippen LogP contribution in [0.2, 0.25) is 5.02 Å². The van der Waals surface area contributed by atoms with Gasteiger partial charge in [0.2, 0.25) is 5.82 Å². The van der Waals surface area contributed by atoms with Gasteiger partial charge in [-0.25, -0.2) is 4.79 Å². The Hall–Kier alpha value is -3.06. The first-order valence-corrected chi connectivity index (χ1v) is 7.97. The molecule has 0 aliphatic carbocycles. The van der Waals surface area contributed by atoms with E-state index in [0.29, 0.717) is 27.9 Å². The highest BCUT2D eigenvalue weighted by Gasteiger charge is 2.21. The molecule has 0 spiro atoms. The molecule has 1 heterocycles. The third kappa shape index (κ3) is 3.62. The zero-order valence-corrected chi connectivity index (χ0v) is 14.8. The number of nitrogens with zero attached hydrogens (tertiary/aromatic N) is 2. The first-order chi connectivity index (χ1) is 12.6. The number of aromatic nitrogens is 2. The molecule has 0 aliphatic heterocycles. The van der Waals surface area contributed by atoms with Gasteiger partial charge >= 0.3 is 5.97 Å². The molecule has 0 bridgehead atoms. The van der Waals surface area contributed by atoms with E-state index in [4.69, 9.17) is 30.3 Å². The monoisotopic (exact) mass is 374 g/mol. The van der Waals surface area contributed by atoms with E-state index in [9.17, 15) is 4.79 Å². The number of carbonyl (C=O) groups is 1. The van der Waals surface area contributed by atoms with Crippen molar-refractivity contribution in [3.63, 3.8) is 0 Å². The number of hydrogen-bond acceptors (Lipinski definition) is 7. The van der Waals surface area contributed by atoms with Gasteiger partial charge in [-0.15, -0.1) is 0 Å². The van der Waals surface area contributed by atoms with Crippen molar-refractivity contribution < 1.29 is 23.5 Å². The Bertz CT molecular complexity index is 903. The van der Waals surface area contributed by atoms with Gasteiger partial charge in [-0.05, 0) is 24.3 Å². The number of halogens is 1. The Morgan fingerprint density at radius 1 is 1.08 bits per heavy atom. The zero-order valence-electron chi connectivity index (χ0n) is 14.1. The molecule has 2 aromatic carbocycles. The second kappa shape index (κ2) is 7.88. The molecule has 3 rings (SSSR count). The topological polar surface area (TPSA) is 83.7 Å². The number of ether oxygens (including phenoxy) is 3. The molecule has 0 fully saturated rings. The third-order valence-corrected chi connectivity index (χ3v) is 3.87. The van der Waals surface area contributed by atoms with E-state index in [0.717, 1.165) is 0 Å². The van der Waals surface area contributed by atoms with E-state index in [-0.39, 0.29) is 18.1 Å². The predicted molar refractivity (Wildman–Crippen MR) is 93.4 cm³/mol. The van der Waals surface area contributed by atoms with Crippen LogP contribution in [0, 0.1) is 0 Å². The van der Waals surface area contributed by atoms with E-state index in [1.54, 1.807) is 36.4 Å². The highest BCUT2D eigenvalue weighted by atomic mass is 35.5. The summed E-state index contributed by atoms with van der Waals surface area (Å²) in [7, 11) is 2.92. The molecule has 0 N–H and O–H groups in total. The molecule has 134 valence electrons. The van der Waals surface area contributed by atoms with Gasteiger partial charge in [-0.2, -0.15) is 4.98 Å². The van der Waals surface area contributed by atoms with Crippen LogP contribution in [0.1, 0.15) is 16.2 Å². The largest absolute Gasteiger partial charge is 0.496 e. The Kier molecular flexibility index (Phi) is 5.38. The van der Waals surface area contributed by atoms with Crippen LogP contribution in [0.15, 0.2) is 47.0 Å². The predicted octanol–water partition coefficient (Wildman–Crippen LogP) is 3.76. The normalized spacial score (nSPS) is 10.4. The Balaban J connectivity index is 1.75. The number of esters is 1. The van der Waals surface area contributed by atoms with E-state index >= 15 is 0 Å². The Morgan fingerprint density at radius 2 is 1.77 bits per heavy atom. The minimum atomic E-state index is -0.628. The van der Waals surface area contributed by atoms with Crippen molar-refractivity contribution in [2.24, 2.45) is 0 Å². The molecule has 0 radical (unpaired) electrons. The van der Waals surface area contributed by atoms with Crippen LogP contribution < -0.4 is 9.47 Å². The molecular weight excluding hydrogens is 360 g/mol. The van der Waals surface area contributed by atoms with Crippen LogP contribution in [0.5, 0.6) is 11.5 Å². The smallest absolute Gasteiger partial charge is 0.346 e. The standard InChI is InChI=1S/C18H15ClN2O5/c1-23-13-8-5-9-14(24-2)16(13)18(22)25-10-15-20-17(21-26-15)11-6-3-4-7-12(11)19/h3-9H,10H2,1-2H3. The summed E-state index contributed by atoms with van der Waals surface area (Å²) in [6, 6.07) is 12.1. The fraction of sp³-hybridized carbons (Fsp3) is 0.167. The maximum absolute atomic E-state index is 12.4. The van der Waals surface area contributed by atoms with E-state index in [1.807, 2.05) is 6.07 Å². The minimum absolute atomic E-state index is 0.141. The van der Waals surface area contributed by atoms with Gasteiger partial charge in [0.1, 0.15) is 17.1 Å². The second-order valence-corrected chi connectivity index (χ2v) is 5.51. The second-order valence-electron chi connectivity index (χ2n) is 5.11. The molecule has 7 nitrogen and oxygen atoms in total. The van der Waals surface area contributed by atoms with Crippen LogP contribution in [0.3, 0.4) is 0 Å². The SMILES string of the molecule is COc1cccc(OC)c1C(=O)OCc1nc(-c2ccccc2Cl)no1. The van der Waals surface area contributed by atoms with Crippen LogP contribution in [-0.2, 0) is 11.3 Å². The highest BCUT2D eigenvalue weighted by molar-refractivity contribution is 6.33. The average Bonchev–Trinajstić information content (AvgIpc) is 3.14. The maximum Gasteiger partial charge on any atom is 0.346 e. The summed E-state index contributed by atoms with van der Waals surface area (Å²) >= 11 is 6.11. The summed E-state index contributed by atoms with van der Waals surface area (Å²) in [6.45, 7) is -0.197. The summed E-state index contributed by atoms with van der Waals surface area (Å²) < 4.78 is 20.7. The van der Waals surface area contributed by atoms with Crippen molar-refractivity contribution >= 4 is 17.6 Å². The first kappa shape index (κ1) is 17.8. The first-order valence-electron chi connectivity index (χ1n) is 7.59. The van der Waals surface area contributed by atoms with Crippen molar-refractivity contribution in [3.8, 4) is 22.9 Å². The van der Waals surface area contributed by atoms with Gasteiger partial charge in [0.05, 0.1) is 19.2 Å². The quantitative estimate of drug-likeness (QED) is 0.607. The summed E-state index contributed by atoms with van der Waals surface area (Å²) in [5.41, 5.74) is 0.810. The lowest BCUT2D eigenvalue weighted by Gasteiger charge is -2.11. The molecule has 8 heteroatoms. The third-order valence-electron chi connectivity index (χ3n) is 3.54. The van der Waals surface area contributed by atoms with Gasteiger partial charge in [0.25, 0.3) is 5.89 Å². The van der Waals surface area contributed by atoms with Crippen LogP contribution in [0.4, 0.5) is 0 Å². The van der Waals surface area contributed by atoms with E-state index < -0.39 is 5.97 Å². The Labute approximate surface area is 154 Å². The molecule has 0 unspecified atom stereocenters. The number of methoxy groups -OCH3 is 2. The van der Waals surface area contributed by atoms with Crippen molar-refractivity contribution in [2.75, 3.05) is 14.2 Å². The van der Waals surface area contributed by atoms with Gasteiger partial charge < -0.3 is 18.7 Å². The van der Waals surface area contributed by atoms with Gasteiger partial charge in [-0.3, -0.25) is 0 Å². The van der Waals surface area contributed by atoms with E-state index in [2.05, 4.69) is 10.1 Å². The lowest BCUT2D eigenvalue weighted by molar-refractivity contribution is 0.0422. The van der Waals surface area contributed by atoms with Crippen molar-refractivity contribution in [3.05, 3.63) is 58.9 Å². The van der Waals surface area contributed by atoms with Crippen molar-refractivity contribution in [1.82, 2.24) is 10.1 Å². The molecule has 3 aromatic rings. The Morgan fingerprint density at radius 3 is 2.42 bits per heavy atom. The molecule has 0 atom stereocenters. The molecule has 26 heavy (non-hydrogen) atoms. The van der Waals surface area contributed by atoms with Crippen LogP contribution >= 0.6 is 11.6 Å². The number of rotatable bonds is 6. The number of benzene rings is 2. The van der Waals surface area contributed by atoms with Gasteiger partial charge in [0, 0.05) is 5.56 Å². The zero-order chi connectivity index (χ0) is 18.5. The lowest BCUT2D eigenvalue weighted by Crippen LogP contribution is -2.09. The summed E-state index contributed by atoms with van der Waals surface area (Å²) in [5, 5.41) is 4.35.